The molecule has 1 atom stereocenters. The molecular formula is C9H9BrN2. The maximum atomic E-state index is 8.54. The number of benzene rings is 1. The van der Waals surface area contributed by atoms with Crippen LogP contribution in [-0.2, 0) is 0 Å². The van der Waals surface area contributed by atoms with Crippen LogP contribution >= 0.6 is 15.9 Å². The van der Waals surface area contributed by atoms with E-state index in [1.54, 1.807) is 0 Å². The third-order valence-corrected chi connectivity index (χ3v) is 1.89. The fourth-order valence-corrected chi connectivity index (χ4v) is 1.26. The average molecular weight is 225 g/mol. The van der Waals surface area contributed by atoms with E-state index in [1.807, 2.05) is 31.2 Å². The zero-order valence-corrected chi connectivity index (χ0v) is 8.30. The van der Waals surface area contributed by atoms with Crippen LogP contribution in [0.4, 0.5) is 5.69 Å². The van der Waals surface area contributed by atoms with Gasteiger partial charge in [-0.1, -0.05) is 22.0 Å². The molecule has 1 N–H and O–H groups in total. The number of hydrogen-bond donors (Lipinski definition) is 1. The Morgan fingerprint density at radius 1 is 1.58 bits per heavy atom. The zero-order chi connectivity index (χ0) is 8.97. The topological polar surface area (TPSA) is 35.8 Å². The van der Waals surface area contributed by atoms with E-state index in [2.05, 4.69) is 27.3 Å². The lowest BCUT2D eigenvalue weighted by atomic mass is 10.3. The van der Waals surface area contributed by atoms with Gasteiger partial charge in [-0.15, -0.1) is 0 Å². The quantitative estimate of drug-likeness (QED) is 0.839. The fraction of sp³-hybridized carbons (Fsp3) is 0.222. The van der Waals surface area contributed by atoms with Crippen molar-refractivity contribution in [3.05, 3.63) is 28.7 Å². The number of anilines is 1. The van der Waals surface area contributed by atoms with Crippen LogP contribution in [0.25, 0.3) is 0 Å². The number of halogens is 1. The van der Waals surface area contributed by atoms with E-state index in [1.165, 1.54) is 0 Å². The Morgan fingerprint density at radius 2 is 2.33 bits per heavy atom. The van der Waals surface area contributed by atoms with Crippen molar-refractivity contribution in [3.63, 3.8) is 0 Å². The molecule has 1 rings (SSSR count). The van der Waals surface area contributed by atoms with Crippen LogP contribution in [0, 0.1) is 11.3 Å². The van der Waals surface area contributed by atoms with Crippen molar-refractivity contribution in [2.45, 2.75) is 13.0 Å². The van der Waals surface area contributed by atoms with E-state index >= 15 is 0 Å². The molecule has 0 aliphatic rings. The van der Waals surface area contributed by atoms with Crippen molar-refractivity contribution in [1.82, 2.24) is 0 Å². The highest BCUT2D eigenvalue weighted by atomic mass is 79.9. The molecule has 2 nitrogen and oxygen atoms in total. The number of rotatable bonds is 2. The molecule has 3 heteroatoms. The smallest absolute Gasteiger partial charge is 0.111 e. The van der Waals surface area contributed by atoms with E-state index in [-0.39, 0.29) is 6.04 Å². The molecule has 1 unspecified atom stereocenters. The lowest BCUT2D eigenvalue weighted by Gasteiger charge is -2.07. The molecule has 0 amide bonds. The van der Waals surface area contributed by atoms with Gasteiger partial charge in [0.05, 0.1) is 6.07 Å². The van der Waals surface area contributed by atoms with Crippen LogP contribution in [-0.4, -0.2) is 6.04 Å². The van der Waals surface area contributed by atoms with Gasteiger partial charge < -0.3 is 5.32 Å². The van der Waals surface area contributed by atoms with Gasteiger partial charge in [-0.25, -0.2) is 0 Å². The molecule has 0 fully saturated rings. The highest BCUT2D eigenvalue weighted by Crippen LogP contribution is 2.15. The molecule has 0 radical (unpaired) electrons. The zero-order valence-electron chi connectivity index (χ0n) is 6.71. The van der Waals surface area contributed by atoms with Crippen LogP contribution in [0.5, 0.6) is 0 Å². The first-order valence-electron chi connectivity index (χ1n) is 3.64. The first-order valence-corrected chi connectivity index (χ1v) is 4.43. The predicted octanol–water partition coefficient (Wildman–Crippen LogP) is 2.77. The molecule has 0 bridgehead atoms. The van der Waals surface area contributed by atoms with Gasteiger partial charge in [0.2, 0.25) is 0 Å². The maximum absolute atomic E-state index is 8.54. The summed E-state index contributed by atoms with van der Waals surface area (Å²) in [5.74, 6) is 0. The van der Waals surface area contributed by atoms with E-state index in [0.717, 1.165) is 10.2 Å². The third-order valence-electron chi connectivity index (χ3n) is 1.40. The van der Waals surface area contributed by atoms with Gasteiger partial charge in [0, 0.05) is 10.2 Å². The van der Waals surface area contributed by atoms with E-state index in [9.17, 15) is 0 Å². The largest absolute Gasteiger partial charge is 0.370 e. The van der Waals surface area contributed by atoms with Crippen LogP contribution in [0.1, 0.15) is 6.92 Å². The normalized spacial score (nSPS) is 11.8. The van der Waals surface area contributed by atoms with Gasteiger partial charge in [0.15, 0.2) is 0 Å². The Kier molecular flexibility index (Phi) is 3.12. The van der Waals surface area contributed by atoms with Crippen LogP contribution in [0.2, 0.25) is 0 Å². The highest BCUT2D eigenvalue weighted by molar-refractivity contribution is 9.10. The second-order valence-electron chi connectivity index (χ2n) is 2.51. The molecule has 0 saturated heterocycles. The summed E-state index contributed by atoms with van der Waals surface area (Å²) in [5.41, 5.74) is 0.957. The van der Waals surface area contributed by atoms with Crippen LogP contribution in [0.3, 0.4) is 0 Å². The summed E-state index contributed by atoms with van der Waals surface area (Å²) < 4.78 is 1.01. The van der Waals surface area contributed by atoms with Gasteiger partial charge in [-0.2, -0.15) is 5.26 Å². The lowest BCUT2D eigenvalue weighted by Crippen LogP contribution is -2.11. The summed E-state index contributed by atoms with van der Waals surface area (Å²) in [7, 11) is 0. The first kappa shape index (κ1) is 9.08. The van der Waals surface area contributed by atoms with Gasteiger partial charge >= 0.3 is 0 Å². The molecule has 0 saturated carbocycles. The molecule has 0 aliphatic carbocycles. The fourth-order valence-electron chi connectivity index (χ4n) is 0.861. The number of hydrogen-bond acceptors (Lipinski definition) is 2. The van der Waals surface area contributed by atoms with Crippen molar-refractivity contribution in [3.8, 4) is 6.07 Å². The predicted molar refractivity (Wildman–Crippen MR) is 52.8 cm³/mol. The Hall–Kier alpha value is -1.01. The van der Waals surface area contributed by atoms with Crippen molar-refractivity contribution < 1.29 is 0 Å². The second kappa shape index (κ2) is 4.13. The van der Waals surface area contributed by atoms with Crippen LogP contribution in [0.15, 0.2) is 28.7 Å². The van der Waals surface area contributed by atoms with Crippen molar-refractivity contribution in [2.24, 2.45) is 0 Å². The minimum Gasteiger partial charge on any atom is -0.370 e. The Balaban J connectivity index is 2.71. The SMILES string of the molecule is CC(C#N)Nc1cccc(Br)c1. The van der Waals surface area contributed by atoms with Crippen molar-refractivity contribution >= 4 is 21.6 Å². The first-order chi connectivity index (χ1) is 5.72. The third kappa shape index (κ3) is 2.55. The summed E-state index contributed by atoms with van der Waals surface area (Å²) in [5, 5.41) is 11.6. The number of nitrogens with one attached hydrogen (secondary N) is 1. The molecule has 62 valence electrons. The van der Waals surface area contributed by atoms with Gasteiger partial charge in [-0.05, 0) is 25.1 Å². The standard InChI is InChI=1S/C9H9BrN2/c1-7(6-11)12-9-4-2-3-8(10)5-9/h2-5,7,12H,1H3. The maximum Gasteiger partial charge on any atom is 0.111 e. The minimum absolute atomic E-state index is 0.153. The molecular weight excluding hydrogens is 216 g/mol. The lowest BCUT2D eigenvalue weighted by molar-refractivity contribution is 1.01. The minimum atomic E-state index is -0.153. The summed E-state index contributed by atoms with van der Waals surface area (Å²) >= 11 is 3.35. The molecule has 1 aromatic carbocycles. The molecule has 0 aliphatic heterocycles. The number of nitrogens with zero attached hydrogens (tertiary/aromatic N) is 1. The van der Waals surface area contributed by atoms with Crippen LogP contribution < -0.4 is 5.32 Å². The molecule has 1 aromatic rings. The highest BCUT2D eigenvalue weighted by Gasteiger charge is 1.98. The summed E-state index contributed by atoms with van der Waals surface area (Å²) in [6.45, 7) is 1.82. The molecule has 12 heavy (non-hydrogen) atoms. The van der Waals surface area contributed by atoms with Gasteiger partial charge in [0.25, 0.3) is 0 Å². The summed E-state index contributed by atoms with van der Waals surface area (Å²) in [6, 6.07) is 9.69. The Morgan fingerprint density at radius 3 is 2.92 bits per heavy atom. The van der Waals surface area contributed by atoms with Crippen molar-refractivity contribution in [2.75, 3.05) is 5.32 Å². The number of nitriles is 1. The molecule has 0 aromatic heterocycles. The van der Waals surface area contributed by atoms with Crippen molar-refractivity contribution in [1.29, 1.82) is 5.26 Å². The molecule has 0 heterocycles. The monoisotopic (exact) mass is 224 g/mol. The second-order valence-corrected chi connectivity index (χ2v) is 3.42. The van der Waals surface area contributed by atoms with Gasteiger partial charge in [0.1, 0.15) is 6.04 Å². The average Bonchev–Trinajstić information content (AvgIpc) is 2.04. The van der Waals surface area contributed by atoms with Gasteiger partial charge in [-0.3, -0.25) is 0 Å². The Labute approximate surface area is 80.3 Å². The molecule has 0 spiro atoms. The van der Waals surface area contributed by atoms with E-state index < -0.39 is 0 Å². The summed E-state index contributed by atoms with van der Waals surface area (Å²) in [4.78, 5) is 0. The Bertz CT molecular complexity index is 304. The van der Waals surface area contributed by atoms with E-state index in [4.69, 9.17) is 5.26 Å². The van der Waals surface area contributed by atoms with E-state index in [0.29, 0.717) is 0 Å². The summed E-state index contributed by atoms with van der Waals surface area (Å²) in [6.07, 6.45) is 0.